The van der Waals surface area contributed by atoms with Gasteiger partial charge in [-0.25, -0.2) is 0 Å². The van der Waals surface area contributed by atoms with Gasteiger partial charge in [0.25, 0.3) is 0 Å². The van der Waals surface area contributed by atoms with Crippen LogP contribution < -0.4 is 0 Å². The van der Waals surface area contributed by atoms with Gasteiger partial charge in [-0.05, 0) is 125 Å². The van der Waals surface area contributed by atoms with Gasteiger partial charge in [-0.3, -0.25) is 0 Å². The van der Waals surface area contributed by atoms with E-state index in [0.29, 0.717) is 10.8 Å². The largest absolute Gasteiger partial charge is 0.393 e. The van der Waals surface area contributed by atoms with Gasteiger partial charge in [-0.15, -0.1) is 0 Å². The minimum absolute atomic E-state index is 0.0374. The molecule has 0 aliphatic heterocycles. The molecule has 170 valence electrons. The topological polar surface area (TPSA) is 20.2 Å². The standard InChI is InChI=1S/C29H48O/c1-7-21(19(2)3)9-8-20(4)25-12-13-26-24-11-10-22-18-23(30)14-16-28(22,5)27(24)15-17-29(25,26)6/h20,22-23,25-26,30H,7-18H2,1-6H3/t20-,22+,23+,25-,26+,28+,29-/m1/s1. The molecule has 1 nitrogen and oxygen atoms in total. The van der Waals surface area contributed by atoms with Crippen LogP contribution in [0.2, 0.25) is 0 Å². The highest BCUT2D eigenvalue weighted by molar-refractivity contribution is 5.34. The maximum atomic E-state index is 10.3. The van der Waals surface area contributed by atoms with Crippen LogP contribution in [0, 0.1) is 34.5 Å². The van der Waals surface area contributed by atoms with Crippen LogP contribution in [0.5, 0.6) is 0 Å². The van der Waals surface area contributed by atoms with Gasteiger partial charge in [0, 0.05) is 0 Å². The summed E-state index contributed by atoms with van der Waals surface area (Å²) < 4.78 is 0. The number of hydrogen-bond acceptors (Lipinski definition) is 1. The first-order valence-electron chi connectivity index (χ1n) is 13.3. The van der Waals surface area contributed by atoms with E-state index in [2.05, 4.69) is 41.5 Å². The zero-order valence-corrected chi connectivity index (χ0v) is 20.8. The molecule has 4 aliphatic carbocycles. The molecule has 30 heavy (non-hydrogen) atoms. The number of aliphatic hydroxyl groups is 1. The highest BCUT2D eigenvalue weighted by atomic mass is 16.3. The minimum Gasteiger partial charge on any atom is -0.393 e. The fourth-order valence-corrected chi connectivity index (χ4v) is 8.80. The van der Waals surface area contributed by atoms with Gasteiger partial charge in [0.1, 0.15) is 0 Å². The van der Waals surface area contributed by atoms with E-state index in [1.165, 1.54) is 64.2 Å². The van der Waals surface area contributed by atoms with Crippen LogP contribution in [0.15, 0.2) is 22.3 Å². The summed E-state index contributed by atoms with van der Waals surface area (Å²) in [6.07, 6.45) is 15.5. The Hall–Kier alpha value is -0.560. The fraction of sp³-hybridized carbons (Fsp3) is 0.862. The third kappa shape index (κ3) is 3.66. The van der Waals surface area contributed by atoms with Crippen LogP contribution in [0.1, 0.15) is 119 Å². The molecule has 0 heterocycles. The number of hydrogen-bond donors (Lipinski definition) is 1. The quantitative estimate of drug-likeness (QED) is 0.451. The van der Waals surface area contributed by atoms with Crippen molar-refractivity contribution in [2.45, 2.75) is 125 Å². The summed E-state index contributed by atoms with van der Waals surface area (Å²) >= 11 is 0. The molecule has 0 radical (unpaired) electrons. The number of rotatable bonds is 5. The molecule has 7 atom stereocenters. The van der Waals surface area contributed by atoms with Gasteiger partial charge >= 0.3 is 0 Å². The summed E-state index contributed by atoms with van der Waals surface area (Å²) in [6.45, 7) is 14.7. The van der Waals surface area contributed by atoms with Crippen LogP contribution >= 0.6 is 0 Å². The Kier molecular flexibility index (Phi) is 6.35. The molecule has 0 aromatic heterocycles. The molecule has 1 N–H and O–H groups in total. The third-order valence-corrected chi connectivity index (χ3v) is 10.8. The molecule has 4 aliphatic rings. The molecule has 2 saturated carbocycles. The highest BCUT2D eigenvalue weighted by Gasteiger charge is 2.55. The van der Waals surface area contributed by atoms with E-state index in [9.17, 15) is 5.11 Å². The Labute approximate surface area is 186 Å². The molecular formula is C29H48O. The summed E-state index contributed by atoms with van der Waals surface area (Å²) in [5, 5.41) is 10.3. The molecule has 0 amide bonds. The van der Waals surface area contributed by atoms with Gasteiger partial charge in [0.15, 0.2) is 0 Å². The van der Waals surface area contributed by atoms with E-state index in [1.807, 2.05) is 11.1 Å². The van der Waals surface area contributed by atoms with E-state index in [-0.39, 0.29) is 6.10 Å². The molecule has 0 aromatic rings. The molecule has 0 bridgehead atoms. The summed E-state index contributed by atoms with van der Waals surface area (Å²) in [5.74, 6) is 3.34. The van der Waals surface area contributed by atoms with E-state index in [4.69, 9.17) is 0 Å². The molecular weight excluding hydrogens is 364 g/mol. The molecule has 0 saturated heterocycles. The second kappa shape index (κ2) is 8.42. The molecule has 0 spiro atoms. The zero-order chi connectivity index (χ0) is 21.7. The first-order valence-corrected chi connectivity index (χ1v) is 13.3. The van der Waals surface area contributed by atoms with E-state index < -0.39 is 0 Å². The SMILES string of the molecule is CCC(CC[C@@H](C)[C@H]1CC[C@H]2C3=C(CC[C@]12C)[C@@]1(C)CC[C@H](O)C[C@@H]1CC3)=C(C)C. The number of aliphatic hydroxyl groups excluding tert-OH is 1. The zero-order valence-electron chi connectivity index (χ0n) is 20.8. The first kappa shape index (κ1) is 22.6. The minimum atomic E-state index is -0.0374. The Morgan fingerprint density at radius 3 is 2.53 bits per heavy atom. The van der Waals surface area contributed by atoms with Crippen molar-refractivity contribution in [1.29, 1.82) is 0 Å². The van der Waals surface area contributed by atoms with Crippen LogP contribution in [0.3, 0.4) is 0 Å². The molecule has 1 heteroatoms. The van der Waals surface area contributed by atoms with Gasteiger partial charge < -0.3 is 5.11 Å². The van der Waals surface area contributed by atoms with Crippen LogP contribution in [-0.2, 0) is 0 Å². The Balaban J connectivity index is 1.53. The van der Waals surface area contributed by atoms with Crippen LogP contribution in [0.25, 0.3) is 0 Å². The van der Waals surface area contributed by atoms with Crippen molar-refractivity contribution < 1.29 is 5.11 Å². The average Bonchev–Trinajstić information content (AvgIpc) is 3.06. The first-order chi connectivity index (χ1) is 14.2. The van der Waals surface area contributed by atoms with Crippen molar-refractivity contribution in [2.75, 3.05) is 0 Å². The molecule has 0 aromatic carbocycles. The maximum Gasteiger partial charge on any atom is 0.0543 e. The maximum absolute atomic E-state index is 10.3. The van der Waals surface area contributed by atoms with Crippen molar-refractivity contribution in [3.63, 3.8) is 0 Å². The predicted octanol–water partition coefficient (Wildman–Crippen LogP) is 8.23. The van der Waals surface area contributed by atoms with Crippen LogP contribution in [-0.4, -0.2) is 11.2 Å². The smallest absolute Gasteiger partial charge is 0.0543 e. The lowest BCUT2D eigenvalue weighted by Gasteiger charge is -2.55. The second-order valence-electron chi connectivity index (χ2n) is 12.3. The Morgan fingerprint density at radius 2 is 1.83 bits per heavy atom. The second-order valence-corrected chi connectivity index (χ2v) is 12.3. The monoisotopic (exact) mass is 412 g/mol. The van der Waals surface area contributed by atoms with Gasteiger partial charge in [0.2, 0.25) is 0 Å². The van der Waals surface area contributed by atoms with Crippen molar-refractivity contribution in [3.8, 4) is 0 Å². The average molecular weight is 413 g/mol. The van der Waals surface area contributed by atoms with Crippen LogP contribution in [0.4, 0.5) is 0 Å². The number of allylic oxidation sites excluding steroid dienone is 4. The van der Waals surface area contributed by atoms with Crippen molar-refractivity contribution >= 4 is 0 Å². The normalized spacial score (nSPS) is 41.7. The molecule has 4 rings (SSSR count). The van der Waals surface area contributed by atoms with E-state index in [1.54, 1.807) is 11.1 Å². The molecule has 2 fully saturated rings. The third-order valence-electron chi connectivity index (χ3n) is 10.8. The highest BCUT2D eigenvalue weighted by Crippen LogP contribution is 2.66. The summed E-state index contributed by atoms with van der Waals surface area (Å²) in [5.41, 5.74) is 7.96. The lowest BCUT2D eigenvalue weighted by atomic mass is 9.50. The van der Waals surface area contributed by atoms with Gasteiger partial charge in [-0.1, -0.05) is 50.0 Å². The number of fused-ring (bicyclic) bond motifs is 4. The van der Waals surface area contributed by atoms with E-state index >= 15 is 0 Å². The predicted molar refractivity (Wildman–Crippen MR) is 128 cm³/mol. The van der Waals surface area contributed by atoms with Crippen molar-refractivity contribution in [3.05, 3.63) is 22.3 Å². The Bertz CT molecular complexity index is 710. The lowest BCUT2D eigenvalue weighted by molar-refractivity contribution is 0.0133. The Morgan fingerprint density at radius 1 is 1.07 bits per heavy atom. The summed E-state index contributed by atoms with van der Waals surface area (Å²) in [7, 11) is 0. The van der Waals surface area contributed by atoms with Crippen molar-refractivity contribution in [2.24, 2.45) is 34.5 Å². The molecule has 0 unspecified atom stereocenters. The lowest BCUT2D eigenvalue weighted by Crippen LogP contribution is -2.45. The summed E-state index contributed by atoms with van der Waals surface area (Å²) in [6, 6.07) is 0. The van der Waals surface area contributed by atoms with Crippen molar-refractivity contribution in [1.82, 2.24) is 0 Å². The fourth-order valence-electron chi connectivity index (χ4n) is 8.80. The van der Waals surface area contributed by atoms with Gasteiger partial charge in [0.05, 0.1) is 6.10 Å². The van der Waals surface area contributed by atoms with E-state index in [0.717, 1.165) is 36.5 Å². The summed E-state index contributed by atoms with van der Waals surface area (Å²) in [4.78, 5) is 0. The van der Waals surface area contributed by atoms with Gasteiger partial charge in [-0.2, -0.15) is 0 Å².